The number of piperidine rings is 1. The predicted molar refractivity (Wildman–Crippen MR) is 85.9 cm³/mol. The van der Waals surface area contributed by atoms with Crippen LogP contribution >= 0.6 is 0 Å². The molecule has 2 heterocycles. The first-order valence-electron chi connectivity index (χ1n) is 8.06. The van der Waals surface area contributed by atoms with Crippen molar-refractivity contribution in [1.82, 2.24) is 9.97 Å². The highest BCUT2D eigenvalue weighted by molar-refractivity contribution is 5.89. The van der Waals surface area contributed by atoms with E-state index in [9.17, 15) is 8.78 Å². The minimum absolute atomic E-state index is 0.398. The van der Waals surface area contributed by atoms with Crippen molar-refractivity contribution in [2.75, 3.05) is 31.2 Å². The van der Waals surface area contributed by atoms with E-state index in [2.05, 4.69) is 14.9 Å². The van der Waals surface area contributed by atoms with Crippen LogP contribution in [0.1, 0.15) is 32.0 Å². The van der Waals surface area contributed by atoms with Gasteiger partial charge < -0.3 is 9.64 Å². The molecule has 6 heteroatoms. The lowest BCUT2D eigenvalue weighted by atomic mass is 9.98. The molecule has 0 radical (unpaired) electrons. The number of fused-ring (bicyclic) bond motifs is 1. The molecular formula is C17H21F2N3O. The van der Waals surface area contributed by atoms with Crippen LogP contribution in [0.15, 0.2) is 24.3 Å². The van der Waals surface area contributed by atoms with Crippen molar-refractivity contribution in [3.05, 3.63) is 30.1 Å². The minimum atomic E-state index is -2.66. The van der Waals surface area contributed by atoms with Gasteiger partial charge in [-0.2, -0.15) is 0 Å². The number of aromatic nitrogens is 2. The first kappa shape index (κ1) is 16.1. The Hall–Kier alpha value is -1.82. The second kappa shape index (κ2) is 7.17. The summed E-state index contributed by atoms with van der Waals surface area (Å²) in [6, 6.07) is 7.35. The van der Waals surface area contributed by atoms with Crippen LogP contribution in [-0.2, 0) is 4.74 Å². The number of alkyl halides is 2. The standard InChI is InChI=1S/C17H21F2N3O/c1-2-23-11-12-6-5-9-22(10-12)17-13-7-3-4-8-14(13)20-16(21-17)15(18)19/h3-4,7-8,12,15H,2,5-6,9-11H2,1H3. The van der Waals surface area contributed by atoms with Gasteiger partial charge in [-0.15, -0.1) is 0 Å². The molecule has 1 saturated heterocycles. The van der Waals surface area contributed by atoms with Crippen LogP contribution in [0.5, 0.6) is 0 Å². The minimum Gasteiger partial charge on any atom is -0.381 e. The summed E-state index contributed by atoms with van der Waals surface area (Å²) in [5, 5.41) is 0.828. The van der Waals surface area contributed by atoms with Crippen molar-refractivity contribution in [3.8, 4) is 0 Å². The molecule has 1 fully saturated rings. The smallest absolute Gasteiger partial charge is 0.297 e. The Morgan fingerprint density at radius 2 is 2.13 bits per heavy atom. The van der Waals surface area contributed by atoms with Gasteiger partial charge in [0.15, 0.2) is 5.82 Å². The van der Waals surface area contributed by atoms with E-state index in [0.29, 0.717) is 30.5 Å². The normalized spacial score (nSPS) is 18.8. The van der Waals surface area contributed by atoms with Crippen molar-refractivity contribution in [1.29, 1.82) is 0 Å². The lowest BCUT2D eigenvalue weighted by Crippen LogP contribution is -2.38. The highest BCUT2D eigenvalue weighted by Crippen LogP contribution is 2.30. The van der Waals surface area contributed by atoms with Crippen LogP contribution in [0.2, 0.25) is 0 Å². The number of hydrogen-bond acceptors (Lipinski definition) is 4. The molecule has 1 aromatic heterocycles. The van der Waals surface area contributed by atoms with Gasteiger partial charge in [-0.3, -0.25) is 0 Å². The molecule has 1 aliphatic rings. The van der Waals surface area contributed by atoms with E-state index in [1.807, 2.05) is 25.1 Å². The predicted octanol–water partition coefficient (Wildman–Crippen LogP) is 3.82. The van der Waals surface area contributed by atoms with Gasteiger partial charge in [0.2, 0.25) is 0 Å². The fourth-order valence-electron chi connectivity index (χ4n) is 3.09. The van der Waals surface area contributed by atoms with Crippen LogP contribution in [0.4, 0.5) is 14.6 Å². The fraction of sp³-hybridized carbons (Fsp3) is 0.529. The van der Waals surface area contributed by atoms with E-state index in [1.54, 1.807) is 6.07 Å². The maximum absolute atomic E-state index is 13.1. The third-order valence-electron chi connectivity index (χ3n) is 4.17. The molecular weight excluding hydrogens is 300 g/mol. The van der Waals surface area contributed by atoms with Gasteiger partial charge in [-0.05, 0) is 37.8 Å². The number of rotatable bonds is 5. The zero-order chi connectivity index (χ0) is 16.2. The van der Waals surface area contributed by atoms with Crippen LogP contribution < -0.4 is 4.90 Å². The molecule has 0 spiro atoms. The van der Waals surface area contributed by atoms with Crippen molar-refractivity contribution in [2.24, 2.45) is 5.92 Å². The Kier molecular flexibility index (Phi) is 5.00. The molecule has 23 heavy (non-hydrogen) atoms. The Morgan fingerprint density at radius 1 is 1.30 bits per heavy atom. The average Bonchev–Trinajstić information content (AvgIpc) is 2.59. The Labute approximate surface area is 134 Å². The number of hydrogen-bond donors (Lipinski definition) is 0. The SMILES string of the molecule is CCOCC1CCCN(c2nc(C(F)F)nc3ccccc23)C1. The molecule has 1 atom stereocenters. The van der Waals surface area contributed by atoms with Gasteiger partial charge >= 0.3 is 0 Å². The molecule has 2 aromatic rings. The van der Waals surface area contributed by atoms with E-state index in [1.165, 1.54) is 0 Å². The number of nitrogens with zero attached hydrogens (tertiary/aromatic N) is 3. The van der Waals surface area contributed by atoms with E-state index < -0.39 is 12.2 Å². The summed E-state index contributed by atoms with van der Waals surface area (Å²) in [5.74, 6) is 0.630. The highest BCUT2D eigenvalue weighted by Gasteiger charge is 2.24. The van der Waals surface area contributed by atoms with E-state index >= 15 is 0 Å². The summed E-state index contributed by atoms with van der Waals surface area (Å²) in [5.41, 5.74) is 0.569. The van der Waals surface area contributed by atoms with Crippen LogP contribution in [-0.4, -0.2) is 36.3 Å². The summed E-state index contributed by atoms with van der Waals surface area (Å²) in [6.45, 7) is 4.99. The lowest BCUT2D eigenvalue weighted by Gasteiger charge is -2.34. The van der Waals surface area contributed by atoms with Gasteiger partial charge in [0.05, 0.1) is 12.1 Å². The molecule has 0 bridgehead atoms. The second-order valence-corrected chi connectivity index (χ2v) is 5.84. The first-order chi connectivity index (χ1) is 11.2. The van der Waals surface area contributed by atoms with E-state index in [4.69, 9.17) is 4.74 Å². The maximum Gasteiger partial charge on any atom is 0.297 e. The molecule has 1 aromatic carbocycles. The monoisotopic (exact) mass is 321 g/mol. The summed E-state index contributed by atoms with van der Waals surface area (Å²) in [7, 11) is 0. The Morgan fingerprint density at radius 3 is 2.91 bits per heavy atom. The largest absolute Gasteiger partial charge is 0.381 e. The van der Waals surface area contributed by atoms with Gasteiger partial charge in [-0.25, -0.2) is 18.7 Å². The summed E-state index contributed by atoms with van der Waals surface area (Å²) >= 11 is 0. The average molecular weight is 321 g/mol. The number of ether oxygens (including phenoxy) is 1. The number of halogens is 2. The van der Waals surface area contributed by atoms with Gasteiger partial charge in [0, 0.05) is 25.1 Å². The molecule has 4 nitrogen and oxygen atoms in total. The van der Waals surface area contributed by atoms with Crippen molar-refractivity contribution < 1.29 is 13.5 Å². The zero-order valence-electron chi connectivity index (χ0n) is 13.2. The van der Waals surface area contributed by atoms with Crippen LogP contribution in [0, 0.1) is 5.92 Å². The first-order valence-corrected chi connectivity index (χ1v) is 8.06. The van der Waals surface area contributed by atoms with Gasteiger partial charge in [-0.1, -0.05) is 12.1 Å². The molecule has 0 aliphatic carbocycles. The third kappa shape index (κ3) is 3.58. The highest BCUT2D eigenvalue weighted by atomic mass is 19.3. The van der Waals surface area contributed by atoms with Crippen molar-refractivity contribution in [2.45, 2.75) is 26.2 Å². The zero-order valence-corrected chi connectivity index (χ0v) is 13.2. The van der Waals surface area contributed by atoms with E-state index in [-0.39, 0.29) is 0 Å². The van der Waals surface area contributed by atoms with Crippen molar-refractivity contribution >= 4 is 16.7 Å². The second-order valence-electron chi connectivity index (χ2n) is 5.84. The number of benzene rings is 1. The third-order valence-corrected chi connectivity index (χ3v) is 4.17. The summed E-state index contributed by atoms with van der Waals surface area (Å²) < 4.78 is 31.8. The maximum atomic E-state index is 13.1. The van der Waals surface area contributed by atoms with E-state index in [0.717, 1.165) is 31.3 Å². The molecule has 0 N–H and O–H groups in total. The molecule has 0 saturated carbocycles. The summed E-state index contributed by atoms with van der Waals surface area (Å²) in [6.07, 6.45) is -0.552. The molecule has 1 unspecified atom stereocenters. The molecule has 0 amide bonds. The summed E-state index contributed by atoms with van der Waals surface area (Å²) in [4.78, 5) is 10.2. The topological polar surface area (TPSA) is 38.2 Å². The van der Waals surface area contributed by atoms with Crippen molar-refractivity contribution in [3.63, 3.8) is 0 Å². The Balaban J connectivity index is 1.94. The number of para-hydroxylation sites is 1. The lowest BCUT2D eigenvalue weighted by molar-refractivity contribution is 0.104. The van der Waals surface area contributed by atoms with Crippen LogP contribution in [0.3, 0.4) is 0 Å². The molecule has 124 valence electrons. The quantitative estimate of drug-likeness (QED) is 0.839. The Bertz CT molecular complexity index is 665. The molecule has 1 aliphatic heterocycles. The number of anilines is 1. The molecule has 3 rings (SSSR count). The van der Waals surface area contributed by atoms with Gasteiger partial charge in [0.1, 0.15) is 5.82 Å². The van der Waals surface area contributed by atoms with Crippen LogP contribution in [0.25, 0.3) is 10.9 Å². The van der Waals surface area contributed by atoms with Gasteiger partial charge in [0.25, 0.3) is 6.43 Å². The fourth-order valence-corrected chi connectivity index (χ4v) is 3.09.